The van der Waals surface area contributed by atoms with Crippen molar-refractivity contribution in [1.29, 1.82) is 0 Å². The molecule has 1 aromatic carbocycles. The van der Waals surface area contributed by atoms with Crippen LogP contribution in [0.25, 0.3) is 10.9 Å². The number of aromatic nitrogens is 1. The van der Waals surface area contributed by atoms with Gasteiger partial charge in [0.25, 0.3) is 0 Å². The third-order valence-electron chi connectivity index (χ3n) is 3.18. The third-order valence-corrected chi connectivity index (χ3v) is 3.18. The molecule has 0 fully saturated rings. The number of nitrogens with zero attached hydrogens (tertiary/aromatic N) is 1. The number of para-hydroxylation sites is 1. The van der Waals surface area contributed by atoms with Crippen LogP contribution in [0.2, 0.25) is 0 Å². The fourth-order valence-corrected chi connectivity index (χ4v) is 2.40. The Bertz CT molecular complexity index is 515. The van der Waals surface area contributed by atoms with Gasteiger partial charge in [0, 0.05) is 18.1 Å². The smallest absolute Gasteiger partial charge is 0.0512 e. The molecule has 0 aliphatic rings. The minimum absolute atomic E-state index is 0.293. The molecule has 2 N–H and O–H groups in total. The Kier molecular flexibility index (Phi) is 2.55. The summed E-state index contributed by atoms with van der Waals surface area (Å²) in [6.45, 7) is 6.29. The first-order chi connectivity index (χ1) is 7.45. The molecular formula is C14H20N2. The quantitative estimate of drug-likeness (QED) is 0.822. The zero-order valence-corrected chi connectivity index (χ0v) is 10.5. The molecule has 2 rings (SSSR count). The largest absolute Gasteiger partial charge is 0.346 e. The molecule has 16 heavy (non-hydrogen) atoms. The lowest BCUT2D eigenvalue weighted by Gasteiger charge is -2.20. The highest BCUT2D eigenvalue weighted by atomic mass is 15.0. The second-order valence-corrected chi connectivity index (χ2v) is 5.02. The summed E-state index contributed by atoms with van der Waals surface area (Å²) in [5.41, 5.74) is 9.79. The molecule has 0 saturated heterocycles. The number of hydrogen-bond donors (Lipinski definition) is 1. The summed E-state index contributed by atoms with van der Waals surface area (Å²) in [6.07, 6.45) is 1.06. The predicted octanol–water partition coefficient (Wildman–Crippen LogP) is 2.93. The van der Waals surface area contributed by atoms with E-state index in [-0.39, 0.29) is 5.54 Å². The van der Waals surface area contributed by atoms with Gasteiger partial charge in [-0.3, -0.25) is 0 Å². The lowest BCUT2D eigenvalue weighted by atomic mass is 10.0. The van der Waals surface area contributed by atoms with Crippen molar-refractivity contribution >= 4 is 10.9 Å². The third kappa shape index (κ3) is 1.63. The van der Waals surface area contributed by atoms with Gasteiger partial charge in [-0.1, -0.05) is 25.1 Å². The second kappa shape index (κ2) is 3.63. The topological polar surface area (TPSA) is 30.9 Å². The number of fused-ring (bicyclic) bond motifs is 1. The Labute approximate surface area is 97.1 Å². The molecule has 0 aliphatic carbocycles. The van der Waals surface area contributed by atoms with Gasteiger partial charge in [-0.25, -0.2) is 0 Å². The van der Waals surface area contributed by atoms with E-state index in [4.69, 9.17) is 5.73 Å². The van der Waals surface area contributed by atoms with Crippen LogP contribution in [0.15, 0.2) is 24.3 Å². The molecule has 0 atom stereocenters. The number of nitrogens with two attached hydrogens (primary N) is 1. The maximum absolute atomic E-state index is 6.19. The van der Waals surface area contributed by atoms with E-state index in [1.165, 1.54) is 22.2 Å². The Hall–Kier alpha value is -1.28. The van der Waals surface area contributed by atoms with E-state index in [9.17, 15) is 0 Å². The Morgan fingerprint density at radius 1 is 1.31 bits per heavy atom. The maximum Gasteiger partial charge on any atom is 0.0512 e. The Balaban J connectivity index is 2.79. The van der Waals surface area contributed by atoms with Crippen molar-refractivity contribution in [3.8, 4) is 0 Å². The molecule has 1 heterocycles. The van der Waals surface area contributed by atoms with Crippen molar-refractivity contribution in [3.63, 3.8) is 0 Å². The monoisotopic (exact) mass is 216 g/mol. The van der Waals surface area contributed by atoms with Gasteiger partial charge in [0.1, 0.15) is 0 Å². The second-order valence-electron chi connectivity index (χ2n) is 5.02. The Morgan fingerprint density at radius 3 is 2.56 bits per heavy atom. The normalized spacial score (nSPS) is 12.3. The highest BCUT2D eigenvalue weighted by Crippen LogP contribution is 2.27. The molecule has 86 valence electrons. The van der Waals surface area contributed by atoms with Crippen LogP contribution in [-0.4, -0.2) is 4.57 Å². The van der Waals surface area contributed by atoms with Crippen molar-refractivity contribution in [2.24, 2.45) is 12.8 Å². The number of benzene rings is 1. The lowest BCUT2D eigenvalue weighted by Crippen LogP contribution is -2.31. The van der Waals surface area contributed by atoms with Crippen molar-refractivity contribution in [2.75, 3.05) is 0 Å². The molecule has 0 spiro atoms. The number of rotatable bonds is 2. The molecule has 0 bridgehead atoms. The average molecular weight is 216 g/mol. The van der Waals surface area contributed by atoms with E-state index in [2.05, 4.69) is 42.8 Å². The van der Waals surface area contributed by atoms with E-state index < -0.39 is 0 Å². The van der Waals surface area contributed by atoms with Crippen molar-refractivity contribution in [1.82, 2.24) is 4.57 Å². The van der Waals surface area contributed by atoms with Crippen molar-refractivity contribution in [2.45, 2.75) is 32.7 Å². The van der Waals surface area contributed by atoms with Gasteiger partial charge in [0.15, 0.2) is 0 Å². The first-order valence-electron chi connectivity index (χ1n) is 5.82. The molecule has 0 unspecified atom stereocenters. The Morgan fingerprint density at radius 2 is 2.00 bits per heavy atom. The predicted molar refractivity (Wildman–Crippen MR) is 69.5 cm³/mol. The first-order valence-corrected chi connectivity index (χ1v) is 5.82. The summed E-state index contributed by atoms with van der Waals surface area (Å²) in [5.74, 6) is 0. The van der Waals surface area contributed by atoms with Crippen molar-refractivity contribution in [3.05, 3.63) is 35.5 Å². The zero-order chi connectivity index (χ0) is 11.9. The maximum atomic E-state index is 6.19. The molecule has 0 amide bonds. The van der Waals surface area contributed by atoms with Crippen LogP contribution in [0.4, 0.5) is 0 Å². The van der Waals surface area contributed by atoms with Gasteiger partial charge < -0.3 is 10.3 Å². The van der Waals surface area contributed by atoms with Gasteiger partial charge in [0.2, 0.25) is 0 Å². The van der Waals surface area contributed by atoms with Gasteiger partial charge in [-0.2, -0.15) is 0 Å². The molecule has 2 heteroatoms. The van der Waals surface area contributed by atoms with E-state index in [0.29, 0.717) is 0 Å². The summed E-state index contributed by atoms with van der Waals surface area (Å²) in [7, 11) is 2.10. The van der Waals surface area contributed by atoms with Gasteiger partial charge in [-0.15, -0.1) is 0 Å². The minimum Gasteiger partial charge on any atom is -0.346 e. The molecule has 0 radical (unpaired) electrons. The summed E-state index contributed by atoms with van der Waals surface area (Å²) >= 11 is 0. The van der Waals surface area contributed by atoms with Crippen LogP contribution in [0.5, 0.6) is 0 Å². The van der Waals surface area contributed by atoms with Crippen LogP contribution in [0.3, 0.4) is 0 Å². The van der Waals surface area contributed by atoms with E-state index in [0.717, 1.165) is 6.42 Å². The summed E-state index contributed by atoms with van der Waals surface area (Å²) in [4.78, 5) is 0. The molecular weight excluding hydrogens is 196 g/mol. The van der Waals surface area contributed by atoms with E-state index >= 15 is 0 Å². The SMILES string of the molecule is CCc1cccc2cc(C(C)(C)N)n(C)c12. The average Bonchev–Trinajstić information content (AvgIpc) is 2.56. The zero-order valence-electron chi connectivity index (χ0n) is 10.5. The van der Waals surface area contributed by atoms with E-state index in [1.54, 1.807) is 0 Å². The van der Waals surface area contributed by atoms with Crippen molar-refractivity contribution < 1.29 is 0 Å². The first kappa shape index (κ1) is 11.2. The van der Waals surface area contributed by atoms with Gasteiger partial charge >= 0.3 is 0 Å². The molecule has 2 aromatic rings. The molecule has 0 aliphatic heterocycles. The number of hydrogen-bond acceptors (Lipinski definition) is 1. The lowest BCUT2D eigenvalue weighted by molar-refractivity contribution is 0.516. The van der Waals surface area contributed by atoms with Crippen LogP contribution in [-0.2, 0) is 19.0 Å². The van der Waals surface area contributed by atoms with E-state index in [1.807, 2.05) is 13.8 Å². The van der Waals surface area contributed by atoms with Crippen LogP contribution < -0.4 is 5.73 Å². The molecule has 0 saturated carbocycles. The van der Waals surface area contributed by atoms with Crippen LogP contribution in [0, 0.1) is 0 Å². The highest BCUT2D eigenvalue weighted by molar-refractivity contribution is 5.84. The van der Waals surface area contributed by atoms with Gasteiger partial charge in [0.05, 0.1) is 11.1 Å². The number of aryl methyl sites for hydroxylation is 2. The molecule has 1 aromatic heterocycles. The summed E-state index contributed by atoms with van der Waals surface area (Å²) < 4.78 is 2.23. The summed E-state index contributed by atoms with van der Waals surface area (Å²) in [5, 5.41) is 1.29. The molecule has 2 nitrogen and oxygen atoms in total. The highest BCUT2D eigenvalue weighted by Gasteiger charge is 2.20. The fraction of sp³-hybridized carbons (Fsp3) is 0.429. The fourth-order valence-electron chi connectivity index (χ4n) is 2.40. The summed E-state index contributed by atoms with van der Waals surface area (Å²) in [6, 6.07) is 8.67. The van der Waals surface area contributed by atoms with Crippen LogP contribution >= 0.6 is 0 Å². The minimum atomic E-state index is -0.293. The standard InChI is InChI=1S/C14H20N2/c1-5-10-7-6-8-11-9-12(14(2,3)15)16(4)13(10)11/h6-9H,5,15H2,1-4H3. The van der Waals surface area contributed by atoms with Gasteiger partial charge in [-0.05, 0) is 31.9 Å². The van der Waals surface area contributed by atoms with Crippen LogP contribution in [0.1, 0.15) is 32.0 Å².